The largest absolute Gasteiger partial charge is 0.297 e. The molecule has 0 spiro atoms. The van der Waals surface area contributed by atoms with Gasteiger partial charge in [0, 0.05) is 17.5 Å². The van der Waals surface area contributed by atoms with Crippen molar-refractivity contribution in [2.75, 3.05) is 13.1 Å². The van der Waals surface area contributed by atoms with Crippen molar-refractivity contribution in [2.45, 2.75) is 51.0 Å². The van der Waals surface area contributed by atoms with Gasteiger partial charge in [-0.2, -0.15) is 5.10 Å². The fraction of sp³-hybridized carbons (Fsp3) is 0.556. The molecule has 4 rings (SSSR count). The first-order valence-corrected chi connectivity index (χ1v) is 8.58. The van der Waals surface area contributed by atoms with Crippen LogP contribution >= 0.6 is 0 Å². The highest BCUT2D eigenvalue weighted by atomic mass is 15.2. The van der Waals surface area contributed by atoms with E-state index in [2.05, 4.69) is 46.3 Å². The molecule has 22 heavy (non-hydrogen) atoms. The summed E-state index contributed by atoms with van der Waals surface area (Å²) < 4.78 is 0. The molecule has 0 radical (unpaired) electrons. The number of nitrogens with one attached hydrogen (secondary N) is 1. The van der Waals surface area contributed by atoms with Crippen molar-refractivity contribution in [1.29, 1.82) is 0 Å². The van der Waals surface area contributed by atoms with Gasteiger partial charge in [0.15, 0.2) is 5.82 Å². The Labute approximate surface area is 132 Å². The first-order valence-electron chi connectivity index (χ1n) is 8.58. The molecular weight excluding hydrogens is 272 g/mol. The summed E-state index contributed by atoms with van der Waals surface area (Å²) >= 11 is 0. The van der Waals surface area contributed by atoms with Crippen LogP contribution in [-0.4, -0.2) is 33.2 Å². The van der Waals surface area contributed by atoms with E-state index in [1.54, 1.807) is 0 Å². The summed E-state index contributed by atoms with van der Waals surface area (Å²) in [6.07, 6.45) is 6.48. The zero-order chi connectivity index (χ0) is 14.9. The van der Waals surface area contributed by atoms with Crippen LogP contribution in [0.3, 0.4) is 0 Å². The zero-order valence-corrected chi connectivity index (χ0v) is 13.3. The summed E-state index contributed by atoms with van der Waals surface area (Å²) in [5.74, 6) is 2.52. The van der Waals surface area contributed by atoms with E-state index in [4.69, 9.17) is 4.98 Å². The monoisotopic (exact) mass is 296 g/mol. The minimum absolute atomic E-state index is 0.479. The van der Waals surface area contributed by atoms with Gasteiger partial charge < -0.3 is 0 Å². The van der Waals surface area contributed by atoms with Crippen LogP contribution in [0.1, 0.15) is 62.4 Å². The molecule has 1 saturated carbocycles. The molecule has 0 amide bonds. The molecule has 2 heterocycles. The number of likely N-dealkylation sites (tertiary alicyclic amines) is 1. The van der Waals surface area contributed by atoms with Crippen LogP contribution in [0.25, 0.3) is 11.4 Å². The smallest absolute Gasteiger partial charge is 0.181 e. The first-order chi connectivity index (χ1) is 10.8. The number of hydrogen-bond acceptors (Lipinski definition) is 3. The molecule has 0 bridgehead atoms. The first kappa shape index (κ1) is 13.9. The number of hydrogen-bond donors (Lipinski definition) is 1. The molecule has 1 saturated heterocycles. The van der Waals surface area contributed by atoms with Gasteiger partial charge in [0.2, 0.25) is 0 Å². The van der Waals surface area contributed by atoms with E-state index < -0.39 is 0 Å². The van der Waals surface area contributed by atoms with Crippen LogP contribution in [0.2, 0.25) is 0 Å². The third kappa shape index (κ3) is 2.56. The number of aromatic nitrogens is 3. The van der Waals surface area contributed by atoms with Crippen molar-refractivity contribution >= 4 is 0 Å². The summed E-state index contributed by atoms with van der Waals surface area (Å²) in [5, 5.41) is 7.58. The molecule has 4 heteroatoms. The topological polar surface area (TPSA) is 44.8 Å². The Kier molecular flexibility index (Phi) is 3.70. The lowest BCUT2D eigenvalue weighted by Crippen LogP contribution is -2.23. The van der Waals surface area contributed by atoms with Crippen molar-refractivity contribution < 1.29 is 0 Å². The zero-order valence-electron chi connectivity index (χ0n) is 13.3. The van der Waals surface area contributed by atoms with E-state index in [9.17, 15) is 0 Å². The van der Waals surface area contributed by atoms with Crippen LogP contribution < -0.4 is 0 Å². The number of nitrogens with zero attached hydrogens (tertiary/aromatic N) is 3. The van der Waals surface area contributed by atoms with Crippen molar-refractivity contribution in [3.8, 4) is 11.4 Å². The van der Waals surface area contributed by atoms with Gasteiger partial charge in [-0.25, -0.2) is 4.98 Å². The molecule has 1 aromatic heterocycles. The molecule has 0 unspecified atom stereocenters. The lowest BCUT2D eigenvalue weighted by Gasteiger charge is -2.24. The molecule has 1 atom stereocenters. The average Bonchev–Trinajstić information content (AvgIpc) is 3.16. The minimum atomic E-state index is 0.479. The van der Waals surface area contributed by atoms with Gasteiger partial charge in [-0.15, -0.1) is 0 Å². The highest BCUT2D eigenvalue weighted by molar-refractivity contribution is 5.56. The molecule has 2 aromatic rings. The molecule has 4 nitrogen and oxygen atoms in total. The lowest BCUT2D eigenvalue weighted by atomic mass is 9.85. The Hall–Kier alpha value is -1.68. The Morgan fingerprint density at radius 2 is 2.00 bits per heavy atom. The third-order valence-corrected chi connectivity index (χ3v) is 5.31. The maximum atomic E-state index is 4.72. The molecule has 1 aromatic carbocycles. The van der Waals surface area contributed by atoms with E-state index in [-0.39, 0.29) is 0 Å². The molecule has 116 valence electrons. The Morgan fingerprint density at radius 3 is 2.73 bits per heavy atom. The van der Waals surface area contributed by atoms with Gasteiger partial charge in [-0.05, 0) is 57.3 Å². The van der Waals surface area contributed by atoms with Crippen molar-refractivity contribution in [2.24, 2.45) is 0 Å². The van der Waals surface area contributed by atoms with E-state index >= 15 is 0 Å². The lowest BCUT2D eigenvalue weighted by molar-refractivity contribution is 0.263. The second-order valence-corrected chi connectivity index (χ2v) is 6.72. The Morgan fingerprint density at radius 1 is 1.18 bits per heavy atom. The molecule has 2 aliphatic rings. The predicted molar refractivity (Wildman–Crippen MR) is 87.6 cm³/mol. The second-order valence-electron chi connectivity index (χ2n) is 6.72. The number of benzene rings is 1. The maximum absolute atomic E-state index is 4.72. The fourth-order valence-corrected chi connectivity index (χ4v) is 3.55. The third-order valence-electron chi connectivity index (χ3n) is 5.31. The van der Waals surface area contributed by atoms with Gasteiger partial charge in [-0.3, -0.25) is 10.00 Å². The van der Waals surface area contributed by atoms with E-state index in [0.29, 0.717) is 12.0 Å². The van der Waals surface area contributed by atoms with Crippen LogP contribution in [0.5, 0.6) is 0 Å². The Balaban J connectivity index is 1.56. The normalized spacial score (nSPS) is 21.0. The van der Waals surface area contributed by atoms with Crippen molar-refractivity contribution in [1.82, 2.24) is 20.1 Å². The van der Waals surface area contributed by atoms with Crippen LogP contribution in [0.4, 0.5) is 0 Å². The van der Waals surface area contributed by atoms with E-state index in [1.165, 1.54) is 50.8 Å². The average molecular weight is 296 g/mol. The Bertz CT molecular complexity index is 638. The highest BCUT2D eigenvalue weighted by Gasteiger charge is 2.24. The number of rotatable bonds is 4. The summed E-state index contributed by atoms with van der Waals surface area (Å²) in [6.45, 7) is 4.75. The quantitative estimate of drug-likeness (QED) is 0.930. The van der Waals surface area contributed by atoms with Crippen LogP contribution in [0.15, 0.2) is 24.3 Å². The molecular formula is C18H24N4. The van der Waals surface area contributed by atoms with Crippen LogP contribution in [0, 0.1) is 0 Å². The standard InChI is InChI=1S/C18H24N4/c1-13(22-10-2-3-11-22)15-8-5-9-16(12-15)18-19-17(20-21-18)14-6-4-7-14/h5,8-9,12-14H,2-4,6-7,10-11H2,1H3,(H,19,20,21)/t13-/m0/s1. The number of H-pyrrole nitrogens is 1. The van der Waals surface area contributed by atoms with Crippen molar-refractivity contribution in [3.63, 3.8) is 0 Å². The molecule has 1 aliphatic heterocycles. The molecule has 2 fully saturated rings. The second kappa shape index (κ2) is 5.84. The van der Waals surface area contributed by atoms with Gasteiger partial charge >= 0.3 is 0 Å². The number of aromatic amines is 1. The summed E-state index contributed by atoms with van der Waals surface area (Å²) in [7, 11) is 0. The van der Waals surface area contributed by atoms with E-state index in [0.717, 1.165) is 17.2 Å². The van der Waals surface area contributed by atoms with Gasteiger partial charge in [0.25, 0.3) is 0 Å². The van der Waals surface area contributed by atoms with Gasteiger partial charge in [0.05, 0.1) is 0 Å². The maximum Gasteiger partial charge on any atom is 0.181 e. The molecule has 1 N–H and O–H groups in total. The summed E-state index contributed by atoms with van der Waals surface area (Å²) in [6, 6.07) is 9.22. The fourth-order valence-electron chi connectivity index (χ4n) is 3.55. The summed E-state index contributed by atoms with van der Waals surface area (Å²) in [4.78, 5) is 7.29. The van der Waals surface area contributed by atoms with Gasteiger partial charge in [-0.1, -0.05) is 24.6 Å². The highest BCUT2D eigenvalue weighted by Crippen LogP contribution is 2.35. The predicted octanol–water partition coefficient (Wildman–Crippen LogP) is 3.90. The van der Waals surface area contributed by atoms with Crippen LogP contribution in [-0.2, 0) is 0 Å². The van der Waals surface area contributed by atoms with Crippen molar-refractivity contribution in [3.05, 3.63) is 35.7 Å². The van der Waals surface area contributed by atoms with Gasteiger partial charge in [0.1, 0.15) is 5.82 Å². The SMILES string of the molecule is C[C@@H](c1cccc(-c2n[nH]c(C3CCC3)n2)c1)N1CCCC1. The molecule has 1 aliphatic carbocycles. The minimum Gasteiger partial charge on any atom is -0.297 e. The van der Waals surface area contributed by atoms with E-state index in [1.807, 2.05) is 0 Å². The summed E-state index contributed by atoms with van der Waals surface area (Å²) in [5.41, 5.74) is 2.50.